The zero-order chi connectivity index (χ0) is 12.0. The molecule has 0 bridgehead atoms. The molecular formula is C11H20N2O3. The molecule has 1 fully saturated rings. The van der Waals surface area contributed by atoms with Gasteiger partial charge < -0.3 is 15.7 Å². The van der Waals surface area contributed by atoms with Gasteiger partial charge in [0.25, 0.3) is 0 Å². The highest BCUT2D eigenvalue weighted by molar-refractivity contribution is 5.76. The Morgan fingerprint density at radius 1 is 1.56 bits per heavy atom. The summed E-state index contributed by atoms with van der Waals surface area (Å²) in [6, 6.07) is 0.301. The van der Waals surface area contributed by atoms with Crippen LogP contribution in [0.5, 0.6) is 0 Å². The smallest absolute Gasteiger partial charge is 0.303 e. The summed E-state index contributed by atoms with van der Waals surface area (Å²) in [5.41, 5.74) is 0. The lowest BCUT2D eigenvalue weighted by atomic mass is 10.1. The third-order valence-corrected chi connectivity index (χ3v) is 2.76. The normalized spacial score (nSPS) is 21.7. The lowest BCUT2D eigenvalue weighted by Crippen LogP contribution is -2.34. The molecule has 0 spiro atoms. The van der Waals surface area contributed by atoms with Gasteiger partial charge >= 0.3 is 5.97 Å². The molecular weight excluding hydrogens is 208 g/mol. The lowest BCUT2D eigenvalue weighted by molar-refractivity contribution is -0.138. The van der Waals surface area contributed by atoms with Crippen molar-refractivity contribution in [3.8, 4) is 0 Å². The van der Waals surface area contributed by atoms with E-state index < -0.39 is 5.97 Å². The molecule has 1 heterocycles. The van der Waals surface area contributed by atoms with Crippen molar-refractivity contribution in [2.45, 2.75) is 38.6 Å². The Balaban J connectivity index is 2.11. The van der Waals surface area contributed by atoms with Gasteiger partial charge in [-0.25, -0.2) is 0 Å². The van der Waals surface area contributed by atoms with Crippen LogP contribution in [0.1, 0.15) is 32.6 Å². The first-order chi connectivity index (χ1) is 7.58. The Kier molecular flexibility index (Phi) is 5.25. The first-order valence-corrected chi connectivity index (χ1v) is 5.80. The van der Waals surface area contributed by atoms with Crippen LogP contribution in [0.3, 0.4) is 0 Å². The predicted molar refractivity (Wildman–Crippen MR) is 60.1 cm³/mol. The Morgan fingerprint density at radius 2 is 2.31 bits per heavy atom. The van der Waals surface area contributed by atoms with Gasteiger partial charge in [-0.05, 0) is 25.3 Å². The highest BCUT2D eigenvalue weighted by atomic mass is 16.4. The monoisotopic (exact) mass is 228 g/mol. The van der Waals surface area contributed by atoms with Crippen molar-refractivity contribution in [2.75, 3.05) is 13.1 Å². The zero-order valence-electron chi connectivity index (χ0n) is 9.66. The number of carbonyl (C=O) groups is 2. The largest absolute Gasteiger partial charge is 0.481 e. The van der Waals surface area contributed by atoms with Crippen molar-refractivity contribution < 1.29 is 14.7 Å². The topological polar surface area (TPSA) is 78.4 Å². The number of aliphatic carboxylic acids is 1. The molecule has 0 aromatic carbocycles. The Hall–Kier alpha value is -1.10. The molecule has 2 unspecified atom stereocenters. The van der Waals surface area contributed by atoms with Crippen molar-refractivity contribution in [2.24, 2.45) is 5.92 Å². The van der Waals surface area contributed by atoms with Crippen molar-refractivity contribution >= 4 is 11.9 Å². The first-order valence-electron chi connectivity index (χ1n) is 5.80. The molecule has 5 heteroatoms. The van der Waals surface area contributed by atoms with Gasteiger partial charge in [0.15, 0.2) is 0 Å². The Labute approximate surface area is 95.6 Å². The van der Waals surface area contributed by atoms with E-state index in [4.69, 9.17) is 5.11 Å². The van der Waals surface area contributed by atoms with Crippen molar-refractivity contribution in [3.63, 3.8) is 0 Å². The molecule has 0 saturated carbocycles. The molecule has 0 radical (unpaired) electrons. The quantitative estimate of drug-likeness (QED) is 0.613. The molecule has 16 heavy (non-hydrogen) atoms. The molecule has 1 aliphatic heterocycles. The summed E-state index contributed by atoms with van der Waals surface area (Å²) in [6.45, 7) is 3.26. The van der Waals surface area contributed by atoms with Gasteiger partial charge in [-0.15, -0.1) is 0 Å². The number of hydrogen-bond acceptors (Lipinski definition) is 3. The highest BCUT2D eigenvalue weighted by Crippen LogP contribution is 2.08. The SMILES string of the molecule is CC(CNC(=O)CC1CCCN1)CC(=O)O. The van der Waals surface area contributed by atoms with E-state index in [2.05, 4.69) is 10.6 Å². The van der Waals surface area contributed by atoms with Crippen molar-refractivity contribution in [1.29, 1.82) is 0 Å². The first kappa shape index (κ1) is 13.0. The molecule has 1 aliphatic rings. The van der Waals surface area contributed by atoms with Gasteiger partial charge in [0.2, 0.25) is 5.91 Å². The fourth-order valence-electron chi connectivity index (χ4n) is 1.89. The molecule has 0 aliphatic carbocycles. The number of carbonyl (C=O) groups excluding carboxylic acids is 1. The Morgan fingerprint density at radius 3 is 2.88 bits per heavy atom. The lowest BCUT2D eigenvalue weighted by Gasteiger charge is -2.13. The molecule has 5 nitrogen and oxygen atoms in total. The number of amides is 1. The van der Waals surface area contributed by atoms with E-state index >= 15 is 0 Å². The van der Waals surface area contributed by atoms with Crippen LogP contribution in [0.15, 0.2) is 0 Å². The second-order valence-corrected chi connectivity index (χ2v) is 4.50. The fourth-order valence-corrected chi connectivity index (χ4v) is 1.89. The molecule has 0 aromatic rings. The average Bonchev–Trinajstić information content (AvgIpc) is 2.66. The summed E-state index contributed by atoms with van der Waals surface area (Å²) in [6.07, 6.45) is 2.78. The van der Waals surface area contributed by atoms with Gasteiger partial charge in [-0.2, -0.15) is 0 Å². The molecule has 92 valence electrons. The minimum Gasteiger partial charge on any atom is -0.481 e. The molecule has 1 rings (SSSR count). The molecule has 0 aromatic heterocycles. The van der Waals surface area contributed by atoms with Crippen molar-refractivity contribution in [1.82, 2.24) is 10.6 Å². The highest BCUT2D eigenvalue weighted by Gasteiger charge is 2.17. The van der Waals surface area contributed by atoms with E-state index in [-0.39, 0.29) is 18.2 Å². The maximum atomic E-state index is 11.5. The summed E-state index contributed by atoms with van der Waals surface area (Å²) in [4.78, 5) is 21.9. The second kappa shape index (κ2) is 6.48. The van der Waals surface area contributed by atoms with Crippen LogP contribution >= 0.6 is 0 Å². The van der Waals surface area contributed by atoms with Crippen LogP contribution in [0.2, 0.25) is 0 Å². The number of carboxylic acids is 1. The summed E-state index contributed by atoms with van der Waals surface area (Å²) in [5.74, 6) is -0.825. The number of rotatable bonds is 6. The van der Waals surface area contributed by atoms with Crippen LogP contribution in [-0.2, 0) is 9.59 Å². The molecule has 2 atom stereocenters. The maximum Gasteiger partial charge on any atom is 0.303 e. The minimum atomic E-state index is -0.820. The van der Waals surface area contributed by atoms with Crippen LogP contribution in [0, 0.1) is 5.92 Å². The second-order valence-electron chi connectivity index (χ2n) is 4.50. The standard InChI is InChI=1S/C11H20N2O3/c1-8(5-11(15)16)7-13-10(14)6-9-3-2-4-12-9/h8-9,12H,2-7H2,1H3,(H,13,14)(H,15,16). The third kappa shape index (κ3) is 5.11. The van der Waals surface area contributed by atoms with Crippen LogP contribution < -0.4 is 10.6 Å². The fraction of sp³-hybridized carbons (Fsp3) is 0.818. The van der Waals surface area contributed by atoms with E-state index in [1.807, 2.05) is 6.92 Å². The van der Waals surface area contributed by atoms with Gasteiger partial charge in [0.05, 0.1) is 0 Å². The maximum absolute atomic E-state index is 11.5. The summed E-state index contributed by atoms with van der Waals surface area (Å²) >= 11 is 0. The predicted octanol–water partition coefficient (Wildman–Crippen LogP) is 0.356. The van der Waals surface area contributed by atoms with Crippen LogP contribution in [-0.4, -0.2) is 36.1 Å². The Bertz CT molecular complexity index is 250. The molecule has 1 amide bonds. The van der Waals surface area contributed by atoms with Gasteiger partial charge in [-0.3, -0.25) is 9.59 Å². The van der Waals surface area contributed by atoms with Gasteiger partial charge in [0.1, 0.15) is 0 Å². The van der Waals surface area contributed by atoms with E-state index in [1.165, 1.54) is 0 Å². The number of carboxylic acid groups (broad SMARTS) is 1. The summed E-state index contributed by atoms with van der Waals surface area (Å²) < 4.78 is 0. The minimum absolute atomic E-state index is 0.0108. The van der Waals surface area contributed by atoms with E-state index in [9.17, 15) is 9.59 Å². The molecule has 1 saturated heterocycles. The van der Waals surface area contributed by atoms with Gasteiger partial charge in [0, 0.05) is 25.4 Å². The van der Waals surface area contributed by atoms with Crippen LogP contribution in [0.4, 0.5) is 0 Å². The summed E-state index contributed by atoms with van der Waals surface area (Å²) in [5, 5.41) is 14.6. The number of hydrogen-bond donors (Lipinski definition) is 3. The average molecular weight is 228 g/mol. The van der Waals surface area contributed by atoms with Crippen molar-refractivity contribution in [3.05, 3.63) is 0 Å². The van der Waals surface area contributed by atoms with E-state index in [0.717, 1.165) is 19.4 Å². The zero-order valence-corrected chi connectivity index (χ0v) is 9.66. The van der Waals surface area contributed by atoms with E-state index in [1.54, 1.807) is 0 Å². The van der Waals surface area contributed by atoms with E-state index in [0.29, 0.717) is 19.0 Å². The van der Waals surface area contributed by atoms with Crippen LogP contribution in [0.25, 0.3) is 0 Å². The number of nitrogens with one attached hydrogen (secondary N) is 2. The third-order valence-electron chi connectivity index (χ3n) is 2.76. The van der Waals surface area contributed by atoms with Gasteiger partial charge in [-0.1, -0.05) is 6.92 Å². The molecule has 3 N–H and O–H groups in total. The summed E-state index contributed by atoms with van der Waals surface area (Å²) in [7, 11) is 0.